The number of benzene rings is 2. The number of hydrogen-bond acceptors (Lipinski definition) is 3. The second-order valence-corrected chi connectivity index (χ2v) is 5.19. The van der Waals surface area contributed by atoms with Crippen molar-refractivity contribution in [1.29, 1.82) is 0 Å². The van der Waals surface area contributed by atoms with Gasteiger partial charge in [-0.3, -0.25) is 0 Å². The number of phenols is 1. The van der Waals surface area contributed by atoms with Crippen LogP contribution < -0.4 is 10.1 Å². The maximum absolute atomic E-state index is 13.1. The quantitative estimate of drug-likeness (QED) is 0.874. The van der Waals surface area contributed by atoms with Gasteiger partial charge in [-0.25, -0.2) is 4.39 Å². The van der Waals surface area contributed by atoms with Crippen LogP contribution in [0.5, 0.6) is 11.5 Å². The van der Waals surface area contributed by atoms with Crippen LogP contribution in [0, 0.1) is 5.82 Å². The van der Waals surface area contributed by atoms with Crippen LogP contribution in [-0.2, 0) is 13.1 Å². The van der Waals surface area contributed by atoms with Crippen molar-refractivity contribution in [1.82, 2.24) is 5.32 Å². The number of phenolic OH excluding ortho intramolecular Hbond substituents is 1. The fraction of sp³-hybridized carbons (Fsp3) is 0.200. The van der Waals surface area contributed by atoms with E-state index in [0.717, 1.165) is 15.6 Å². The van der Waals surface area contributed by atoms with Crippen molar-refractivity contribution >= 4 is 15.9 Å². The minimum absolute atomic E-state index is 0.176. The zero-order valence-electron chi connectivity index (χ0n) is 11.0. The number of ether oxygens (including phenoxy) is 1. The minimum atomic E-state index is -0.266. The molecule has 0 heterocycles. The summed E-state index contributed by atoms with van der Waals surface area (Å²) in [4.78, 5) is 0. The molecule has 0 radical (unpaired) electrons. The van der Waals surface area contributed by atoms with E-state index in [9.17, 15) is 9.50 Å². The van der Waals surface area contributed by atoms with Crippen molar-refractivity contribution in [3.8, 4) is 11.5 Å². The highest BCUT2D eigenvalue weighted by Crippen LogP contribution is 2.23. The van der Waals surface area contributed by atoms with Crippen molar-refractivity contribution < 1.29 is 14.2 Å². The number of rotatable bonds is 5. The van der Waals surface area contributed by atoms with E-state index in [1.54, 1.807) is 31.4 Å². The van der Waals surface area contributed by atoms with E-state index >= 15 is 0 Å². The van der Waals surface area contributed by atoms with Gasteiger partial charge in [-0.1, -0.05) is 22.0 Å². The maximum Gasteiger partial charge on any atom is 0.123 e. The molecule has 106 valence electrons. The first-order valence-electron chi connectivity index (χ1n) is 6.10. The molecular formula is C15H15BrFNO2. The van der Waals surface area contributed by atoms with E-state index < -0.39 is 0 Å². The van der Waals surface area contributed by atoms with Gasteiger partial charge in [-0.05, 0) is 29.8 Å². The maximum atomic E-state index is 13.1. The molecule has 0 aliphatic carbocycles. The lowest BCUT2D eigenvalue weighted by Gasteiger charge is -2.09. The Kier molecular flexibility index (Phi) is 4.98. The number of methoxy groups -OCH3 is 1. The second kappa shape index (κ2) is 6.72. The van der Waals surface area contributed by atoms with E-state index in [2.05, 4.69) is 21.2 Å². The molecule has 0 saturated heterocycles. The summed E-state index contributed by atoms with van der Waals surface area (Å²) in [6, 6.07) is 9.71. The van der Waals surface area contributed by atoms with E-state index in [4.69, 9.17) is 4.74 Å². The zero-order valence-corrected chi connectivity index (χ0v) is 12.6. The fourth-order valence-corrected chi connectivity index (χ4v) is 2.22. The van der Waals surface area contributed by atoms with Gasteiger partial charge in [-0.15, -0.1) is 0 Å². The Morgan fingerprint density at radius 1 is 1.15 bits per heavy atom. The Bertz CT molecular complexity index is 604. The van der Waals surface area contributed by atoms with Crippen molar-refractivity contribution in [2.75, 3.05) is 7.11 Å². The average molecular weight is 340 g/mol. The molecule has 0 fully saturated rings. The molecule has 0 saturated carbocycles. The standard InChI is InChI=1S/C15H15BrFNO2/c1-20-13-4-2-10(15(19)7-13)8-18-9-11-6-12(17)3-5-14(11)16/h2-7,18-19H,8-9H2,1H3. The van der Waals surface area contributed by atoms with E-state index in [1.807, 2.05) is 0 Å². The van der Waals surface area contributed by atoms with Gasteiger partial charge in [0.1, 0.15) is 17.3 Å². The monoisotopic (exact) mass is 339 g/mol. The zero-order chi connectivity index (χ0) is 14.5. The first-order chi connectivity index (χ1) is 9.60. The summed E-state index contributed by atoms with van der Waals surface area (Å²) in [5.74, 6) is 0.520. The Morgan fingerprint density at radius 2 is 1.90 bits per heavy atom. The fourth-order valence-electron chi connectivity index (χ4n) is 1.83. The molecule has 0 aliphatic heterocycles. The number of hydrogen-bond donors (Lipinski definition) is 2. The predicted octanol–water partition coefficient (Wildman–Crippen LogP) is 3.59. The summed E-state index contributed by atoms with van der Waals surface area (Å²) in [5, 5.41) is 13.0. The van der Waals surface area contributed by atoms with Gasteiger partial charge in [0.2, 0.25) is 0 Å². The van der Waals surface area contributed by atoms with Crippen LogP contribution in [0.2, 0.25) is 0 Å². The molecule has 2 N–H and O–H groups in total. The molecule has 0 bridgehead atoms. The lowest BCUT2D eigenvalue weighted by Crippen LogP contribution is -2.13. The summed E-state index contributed by atoms with van der Waals surface area (Å²) in [7, 11) is 1.55. The Labute approximate surface area is 125 Å². The lowest BCUT2D eigenvalue weighted by atomic mass is 10.1. The largest absolute Gasteiger partial charge is 0.507 e. The third-order valence-corrected chi connectivity index (χ3v) is 3.70. The smallest absolute Gasteiger partial charge is 0.123 e. The summed E-state index contributed by atoms with van der Waals surface area (Å²) in [6.07, 6.45) is 0. The average Bonchev–Trinajstić information content (AvgIpc) is 2.44. The Balaban J connectivity index is 1.97. The second-order valence-electron chi connectivity index (χ2n) is 4.33. The first-order valence-corrected chi connectivity index (χ1v) is 6.90. The molecule has 2 rings (SSSR count). The van der Waals surface area contributed by atoms with Crippen LogP contribution >= 0.6 is 15.9 Å². The number of aromatic hydroxyl groups is 1. The summed E-state index contributed by atoms with van der Waals surface area (Å²) in [5.41, 5.74) is 1.59. The van der Waals surface area contributed by atoms with Crippen LogP contribution in [0.15, 0.2) is 40.9 Å². The van der Waals surface area contributed by atoms with Crippen LogP contribution in [0.1, 0.15) is 11.1 Å². The summed E-state index contributed by atoms with van der Waals surface area (Å²) < 4.78 is 19.0. The van der Waals surface area contributed by atoms with Gasteiger partial charge in [0.25, 0.3) is 0 Å². The van der Waals surface area contributed by atoms with E-state index in [-0.39, 0.29) is 11.6 Å². The van der Waals surface area contributed by atoms with Gasteiger partial charge in [0.05, 0.1) is 7.11 Å². The molecule has 0 amide bonds. The molecule has 2 aromatic rings. The predicted molar refractivity (Wildman–Crippen MR) is 79.3 cm³/mol. The minimum Gasteiger partial charge on any atom is -0.507 e. The van der Waals surface area contributed by atoms with Crippen LogP contribution in [-0.4, -0.2) is 12.2 Å². The topological polar surface area (TPSA) is 41.5 Å². The molecule has 0 atom stereocenters. The SMILES string of the molecule is COc1ccc(CNCc2cc(F)ccc2Br)c(O)c1. The Morgan fingerprint density at radius 3 is 2.60 bits per heavy atom. The molecule has 0 spiro atoms. The molecule has 5 heteroatoms. The van der Waals surface area contributed by atoms with Gasteiger partial charge < -0.3 is 15.2 Å². The summed E-state index contributed by atoms with van der Waals surface area (Å²) in [6.45, 7) is 0.989. The van der Waals surface area contributed by atoms with Gasteiger partial charge in [0, 0.05) is 29.2 Å². The van der Waals surface area contributed by atoms with Crippen LogP contribution in [0.25, 0.3) is 0 Å². The third-order valence-electron chi connectivity index (χ3n) is 2.93. The van der Waals surface area contributed by atoms with E-state index in [1.165, 1.54) is 12.1 Å². The van der Waals surface area contributed by atoms with Crippen molar-refractivity contribution in [2.24, 2.45) is 0 Å². The highest BCUT2D eigenvalue weighted by molar-refractivity contribution is 9.10. The van der Waals surface area contributed by atoms with Crippen molar-refractivity contribution in [3.63, 3.8) is 0 Å². The molecular weight excluding hydrogens is 325 g/mol. The third kappa shape index (κ3) is 3.71. The van der Waals surface area contributed by atoms with Crippen molar-refractivity contribution in [2.45, 2.75) is 13.1 Å². The Hall–Kier alpha value is -1.59. The normalized spacial score (nSPS) is 10.6. The number of halogens is 2. The lowest BCUT2D eigenvalue weighted by molar-refractivity contribution is 0.406. The molecule has 0 unspecified atom stereocenters. The van der Waals surface area contributed by atoms with Gasteiger partial charge >= 0.3 is 0 Å². The highest BCUT2D eigenvalue weighted by Gasteiger charge is 2.05. The molecule has 2 aromatic carbocycles. The van der Waals surface area contributed by atoms with Gasteiger partial charge in [0.15, 0.2) is 0 Å². The van der Waals surface area contributed by atoms with Crippen molar-refractivity contribution in [3.05, 3.63) is 57.8 Å². The molecule has 3 nitrogen and oxygen atoms in total. The number of nitrogens with one attached hydrogen (secondary N) is 1. The van der Waals surface area contributed by atoms with Crippen LogP contribution in [0.4, 0.5) is 4.39 Å². The molecule has 0 aromatic heterocycles. The van der Waals surface area contributed by atoms with Crippen LogP contribution in [0.3, 0.4) is 0 Å². The summed E-state index contributed by atoms with van der Waals surface area (Å²) >= 11 is 3.38. The van der Waals surface area contributed by atoms with E-state index in [0.29, 0.717) is 18.8 Å². The first kappa shape index (κ1) is 14.8. The highest BCUT2D eigenvalue weighted by atomic mass is 79.9. The molecule has 20 heavy (non-hydrogen) atoms. The molecule has 0 aliphatic rings. The van der Waals surface area contributed by atoms with Gasteiger partial charge in [-0.2, -0.15) is 0 Å².